The van der Waals surface area contributed by atoms with E-state index in [0.29, 0.717) is 13.1 Å². The molecule has 0 spiro atoms. The molecular formula is C19H23NO3S. The predicted molar refractivity (Wildman–Crippen MR) is 95.2 cm³/mol. The number of aliphatic hydroxyl groups is 2. The number of aliphatic hydroxyl groups excluding tert-OH is 2. The Morgan fingerprint density at radius 2 is 1.71 bits per heavy atom. The van der Waals surface area contributed by atoms with Crippen LogP contribution in [0.2, 0.25) is 0 Å². The zero-order valence-electron chi connectivity index (χ0n) is 13.7. The molecule has 1 aliphatic carbocycles. The standard InChI is InChI=1S/C19H23NO3S/c21-12-18-7-3-4-8-19(18,13-22)11-20(10-18)17(23)16-9-14-5-1-2-6-15(14)24-16/h1-2,5-6,9,21-22H,3-4,7-8,10-13H2/t18-,19+. The molecule has 2 heterocycles. The molecule has 2 atom stereocenters. The van der Waals surface area contributed by atoms with E-state index in [9.17, 15) is 15.0 Å². The molecule has 1 aromatic heterocycles. The van der Waals surface area contributed by atoms with Crippen molar-refractivity contribution in [1.82, 2.24) is 4.90 Å². The van der Waals surface area contributed by atoms with Crippen LogP contribution in [0, 0.1) is 10.8 Å². The van der Waals surface area contributed by atoms with Gasteiger partial charge >= 0.3 is 0 Å². The molecule has 2 N–H and O–H groups in total. The summed E-state index contributed by atoms with van der Waals surface area (Å²) in [4.78, 5) is 15.7. The molecule has 1 aliphatic heterocycles. The summed E-state index contributed by atoms with van der Waals surface area (Å²) >= 11 is 1.52. The number of benzene rings is 1. The van der Waals surface area contributed by atoms with Crippen LogP contribution in [0.3, 0.4) is 0 Å². The van der Waals surface area contributed by atoms with Crippen LogP contribution in [0.1, 0.15) is 35.4 Å². The Morgan fingerprint density at radius 1 is 1.08 bits per heavy atom. The predicted octanol–water partition coefficient (Wildman–Crippen LogP) is 2.89. The Hall–Kier alpha value is -1.43. The van der Waals surface area contributed by atoms with Gasteiger partial charge in [0.05, 0.1) is 18.1 Å². The first-order chi connectivity index (χ1) is 11.6. The molecule has 0 unspecified atom stereocenters. The Labute approximate surface area is 145 Å². The molecule has 2 aliphatic rings. The molecule has 128 valence electrons. The highest BCUT2D eigenvalue weighted by molar-refractivity contribution is 7.20. The van der Waals surface area contributed by atoms with Crippen molar-refractivity contribution < 1.29 is 15.0 Å². The number of likely N-dealkylation sites (tertiary alicyclic amines) is 1. The minimum atomic E-state index is -0.341. The lowest BCUT2D eigenvalue weighted by Crippen LogP contribution is -2.48. The van der Waals surface area contributed by atoms with E-state index in [0.717, 1.165) is 40.6 Å². The van der Waals surface area contributed by atoms with Crippen molar-refractivity contribution in [3.8, 4) is 0 Å². The largest absolute Gasteiger partial charge is 0.396 e. The quantitative estimate of drug-likeness (QED) is 0.899. The fourth-order valence-corrected chi connectivity index (χ4v) is 5.75. The summed E-state index contributed by atoms with van der Waals surface area (Å²) in [6.07, 6.45) is 3.90. The number of hydrogen-bond donors (Lipinski definition) is 2. The lowest BCUT2D eigenvalue weighted by atomic mass is 9.58. The fourth-order valence-electron chi connectivity index (χ4n) is 4.72. The second-order valence-corrected chi connectivity index (χ2v) is 8.48. The Bertz CT molecular complexity index is 718. The van der Waals surface area contributed by atoms with Crippen molar-refractivity contribution in [3.63, 3.8) is 0 Å². The summed E-state index contributed by atoms with van der Waals surface area (Å²) in [5, 5.41) is 21.3. The minimum absolute atomic E-state index is 0.0336. The maximum Gasteiger partial charge on any atom is 0.264 e. The SMILES string of the molecule is O=C(c1cc2ccccc2s1)N1C[C@]2(CO)CCCC[C@]2(CO)C1. The number of thiophene rings is 1. The van der Waals surface area contributed by atoms with Crippen molar-refractivity contribution in [3.05, 3.63) is 35.2 Å². The zero-order valence-corrected chi connectivity index (χ0v) is 14.5. The van der Waals surface area contributed by atoms with Gasteiger partial charge in [-0.15, -0.1) is 11.3 Å². The number of fused-ring (bicyclic) bond motifs is 2. The van der Waals surface area contributed by atoms with Gasteiger partial charge in [-0.2, -0.15) is 0 Å². The van der Waals surface area contributed by atoms with Crippen LogP contribution < -0.4 is 0 Å². The van der Waals surface area contributed by atoms with Crippen molar-refractivity contribution in [1.29, 1.82) is 0 Å². The summed E-state index contributed by atoms with van der Waals surface area (Å²) in [5.74, 6) is 0.0336. The van der Waals surface area contributed by atoms with Crippen molar-refractivity contribution in [2.75, 3.05) is 26.3 Å². The highest BCUT2D eigenvalue weighted by atomic mass is 32.1. The van der Waals surface area contributed by atoms with Crippen LogP contribution in [0.4, 0.5) is 0 Å². The molecule has 1 saturated carbocycles. The normalized spacial score (nSPS) is 29.8. The molecule has 5 heteroatoms. The molecule has 2 fully saturated rings. The number of amides is 1. The molecule has 4 nitrogen and oxygen atoms in total. The number of carbonyl (C=O) groups is 1. The summed E-state index contributed by atoms with van der Waals surface area (Å²) < 4.78 is 1.12. The van der Waals surface area contributed by atoms with Crippen LogP contribution in [0.25, 0.3) is 10.1 Å². The van der Waals surface area contributed by atoms with E-state index in [1.807, 2.05) is 35.2 Å². The van der Waals surface area contributed by atoms with E-state index >= 15 is 0 Å². The van der Waals surface area contributed by atoms with Crippen LogP contribution >= 0.6 is 11.3 Å². The summed E-state index contributed by atoms with van der Waals surface area (Å²) in [6.45, 7) is 1.20. The van der Waals surface area contributed by atoms with Gasteiger partial charge in [0.2, 0.25) is 0 Å². The molecule has 0 bridgehead atoms. The minimum Gasteiger partial charge on any atom is -0.396 e. The lowest BCUT2D eigenvalue weighted by molar-refractivity contribution is -0.0490. The average Bonchev–Trinajstić information content (AvgIpc) is 3.20. The smallest absolute Gasteiger partial charge is 0.264 e. The molecular weight excluding hydrogens is 322 g/mol. The van der Waals surface area contributed by atoms with E-state index in [-0.39, 0.29) is 30.0 Å². The lowest BCUT2D eigenvalue weighted by Gasteiger charge is -2.46. The van der Waals surface area contributed by atoms with Crippen LogP contribution in [-0.4, -0.2) is 47.3 Å². The average molecular weight is 345 g/mol. The van der Waals surface area contributed by atoms with Gasteiger partial charge < -0.3 is 15.1 Å². The van der Waals surface area contributed by atoms with Gasteiger partial charge in [-0.25, -0.2) is 0 Å². The first-order valence-corrected chi connectivity index (χ1v) is 9.44. The summed E-state index contributed by atoms with van der Waals surface area (Å²) in [7, 11) is 0. The number of nitrogens with zero attached hydrogens (tertiary/aromatic N) is 1. The fraction of sp³-hybridized carbons (Fsp3) is 0.526. The van der Waals surface area contributed by atoms with E-state index in [2.05, 4.69) is 0 Å². The zero-order chi connectivity index (χ0) is 16.8. The highest BCUT2D eigenvalue weighted by Gasteiger charge is 2.58. The van der Waals surface area contributed by atoms with Gasteiger partial charge in [-0.3, -0.25) is 4.79 Å². The molecule has 24 heavy (non-hydrogen) atoms. The third-order valence-corrected chi connectivity index (χ3v) is 7.31. The molecule has 2 aromatic rings. The number of hydrogen-bond acceptors (Lipinski definition) is 4. The maximum absolute atomic E-state index is 13.0. The van der Waals surface area contributed by atoms with E-state index < -0.39 is 0 Å². The van der Waals surface area contributed by atoms with Crippen LogP contribution in [0.15, 0.2) is 30.3 Å². The monoisotopic (exact) mass is 345 g/mol. The van der Waals surface area contributed by atoms with Gasteiger partial charge in [-0.1, -0.05) is 31.0 Å². The Balaban J connectivity index is 1.66. The Kier molecular flexibility index (Phi) is 3.90. The van der Waals surface area contributed by atoms with Crippen LogP contribution in [0.5, 0.6) is 0 Å². The van der Waals surface area contributed by atoms with Gasteiger partial charge in [0, 0.05) is 28.6 Å². The second kappa shape index (κ2) is 5.83. The van der Waals surface area contributed by atoms with E-state index in [1.165, 1.54) is 11.3 Å². The van der Waals surface area contributed by atoms with Gasteiger partial charge in [0.1, 0.15) is 0 Å². The first kappa shape index (κ1) is 16.1. The van der Waals surface area contributed by atoms with Crippen molar-refractivity contribution >= 4 is 27.3 Å². The van der Waals surface area contributed by atoms with Crippen molar-refractivity contribution in [2.24, 2.45) is 10.8 Å². The summed E-state index contributed by atoms with van der Waals surface area (Å²) in [6, 6.07) is 9.98. The third-order valence-electron chi connectivity index (χ3n) is 6.20. The third kappa shape index (κ3) is 2.22. The van der Waals surface area contributed by atoms with E-state index in [1.54, 1.807) is 0 Å². The first-order valence-electron chi connectivity index (χ1n) is 8.63. The van der Waals surface area contributed by atoms with Gasteiger partial charge in [0.25, 0.3) is 5.91 Å². The molecule has 0 radical (unpaired) electrons. The number of carbonyl (C=O) groups excluding carboxylic acids is 1. The molecule has 1 amide bonds. The topological polar surface area (TPSA) is 60.8 Å². The summed E-state index contributed by atoms with van der Waals surface area (Å²) in [5.41, 5.74) is -0.682. The molecule has 1 saturated heterocycles. The maximum atomic E-state index is 13.0. The van der Waals surface area contributed by atoms with Crippen LogP contribution in [-0.2, 0) is 0 Å². The highest BCUT2D eigenvalue weighted by Crippen LogP contribution is 2.55. The van der Waals surface area contributed by atoms with E-state index in [4.69, 9.17) is 0 Å². The Morgan fingerprint density at radius 3 is 2.29 bits per heavy atom. The molecule has 1 aromatic carbocycles. The van der Waals surface area contributed by atoms with Gasteiger partial charge in [0.15, 0.2) is 0 Å². The second-order valence-electron chi connectivity index (χ2n) is 7.39. The number of rotatable bonds is 3. The van der Waals surface area contributed by atoms with Crippen molar-refractivity contribution in [2.45, 2.75) is 25.7 Å². The molecule has 4 rings (SSSR count). The van der Waals surface area contributed by atoms with Gasteiger partial charge in [-0.05, 0) is 30.4 Å².